The molecule has 0 aliphatic carbocycles. The van der Waals surface area contributed by atoms with Crippen molar-refractivity contribution in [3.63, 3.8) is 0 Å². The molecule has 5 rings (SSSR count). The fourth-order valence-corrected chi connectivity index (χ4v) is 4.07. The average molecular weight is 361 g/mol. The fraction of sp³-hybridized carbons (Fsp3) is 0.316. The molecule has 27 heavy (non-hydrogen) atoms. The van der Waals surface area contributed by atoms with Crippen LogP contribution in [0.4, 0.5) is 11.8 Å². The maximum Gasteiger partial charge on any atom is 0.255 e. The van der Waals surface area contributed by atoms with E-state index in [-0.39, 0.29) is 5.56 Å². The predicted molar refractivity (Wildman–Crippen MR) is 102 cm³/mol. The van der Waals surface area contributed by atoms with Crippen molar-refractivity contribution in [3.05, 3.63) is 59.4 Å². The molecule has 0 saturated carbocycles. The summed E-state index contributed by atoms with van der Waals surface area (Å²) in [5.41, 5.74) is 1.15. The third kappa shape index (κ3) is 2.64. The van der Waals surface area contributed by atoms with E-state index in [1.807, 2.05) is 18.3 Å². The van der Waals surface area contributed by atoms with E-state index in [0.29, 0.717) is 29.4 Å². The van der Waals surface area contributed by atoms with Crippen LogP contribution < -0.4 is 15.4 Å². The van der Waals surface area contributed by atoms with E-state index >= 15 is 0 Å². The van der Waals surface area contributed by atoms with E-state index < -0.39 is 0 Å². The topological polar surface area (TPSA) is 80.0 Å². The van der Waals surface area contributed by atoms with Crippen molar-refractivity contribution in [2.24, 2.45) is 7.05 Å². The van der Waals surface area contributed by atoms with Gasteiger partial charge in [0, 0.05) is 38.6 Å². The summed E-state index contributed by atoms with van der Waals surface area (Å²) < 4.78 is 1.62. The molecule has 3 aromatic heterocycles. The highest BCUT2D eigenvalue weighted by atomic mass is 16.1. The largest absolute Gasteiger partial charge is 0.350 e. The lowest BCUT2D eigenvalue weighted by molar-refractivity contribution is 0.610. The zero-order valence-electron chi connectivity index (χ0n) is 14.9. The highest BCUT2D eigenvalue weighted by molar-refractivity contribution is 5.57. The smallest absolute Gasteiger partial charge is 0.255 e. The van der Waals surface area contributed by atoms with Gasteiger partial charge in [-0.2, -0.15) is 0 Å². The summed E-state index contributed by atoms with van der Waals surface area (Å²) in [7, 11) is 1.77. The molecule has 2 aliphatic rings. The Balaban J connectivity index is 1.47. The Morgan fingerprint density at radius 3 is 2.56 bits per heavy atom. The third-order valence-corrected chi connectivity index (χ3v) is 5.40. The zero-order chi connectivity index (χ0) is 18.4. The first-order valence-corrected chi connectivity index (χ1v) is 8.99. The van der Waals surface area contributed by atoms with Crippen molar-refractivity contribution < 1.29 is 0 Å². The number of aromatic nitrogens is 5. The number of piperazine rings is 1. The monoisotopic (exact) mass is 361 g/mol. The van der Waals surface area contributed by atoms with Gasteiger partial charge in [-0.3, -0.25) is 9.36 Å². The summed E-state index contributed by atoms with van der Waals surface area (Å²) in [5, 5.41) is 0. The lowest BCUT2D eigenvalue weighted by atomic mass is 10.2. The van der Waals surface area contributed by atoms with Crippen LogP contribution in [0.5, 0.6) is 0 Å². The molecule has 0 radical (unpaired) electrons. The van der Waals surface area contributed by atoms with Gasteiger partial charge in [-0.1, -0.05) is 6.07 Å². The molecule has 0 amide bonds. The van der Waals surface area contributed by atoms with Crippen LogP contribution in [0.1, 0.15) is 6.42 Å². The second-order valence-electron chi connectivity index (χ2n) is 6.97. The minimum atomic E-state index is -0.0852. The van der Waals surface area contributed by atoms with Gasteiger partial charge in [-0.05, 0) is 24.6 Å². The van der Waals surface area contributed by atoms with E-state index in [0.717, 1.165) is 25.3 Å². The van der Waals surface area contributed by atoms with Gasteiger partial charge >= 0.3 is 0 Å². The number of hydrogen-bond acceptors (Lipinski definition) is 7. The summed E-state index contributed by atoms with van der Waals surface area (Å²) >= 11 is 0. The minimum absolute atomic E-state index is 0.0852. The van der Waals surface area contributed by atoms with E-state index in [1.165, 1.54) is 12.4 Å². The van der Waals surface area contributed by atoms with Gasteiger partial charge in [0.1, 0.15) is 12.1 Å². The van der Waals surface area contributed by atoms with Crippen molar-refractivity contribution in [1.82, 2.24) is 24.5 Å². The molecule has 2 aliphatic heterocycles. The first kappa shape index (κ1) is 15.9. The van der Waals surface area contributed by atoms with Gasteiger partial charge < -0.3 is 9.80 Å². The number of pyridine rings is 1. The Bertz CT molecular complexity index is 1020. The molecule has 0 aromatic carbocycles. The molecule has 5 heterocycles. The number of fused-ring (bicyclic) bond motifs is 2. The molecule has 0 spiro atoms. The van der Waals surface area contributed by atoms with E-state index in [1.54, 1.807) is 23.9 Å². The van der Waals surface area contributed by atoms with Crippen molar-refractivity contribution in [2.75, 3.05) is 22.9 Å². The van der Waals surface area contributed by atoms with Crippen LogP contribution in [0.25, 0.3) is 11.4 Å². The maximum absolute atomic E-state index is 12.5. The fourth-order valence-electron chi connectivity index (χ4n) is 4.07. The molecule has 2 bridgehead atoms. The van der Waals surface area contributed by atoms with E-state index in [2.05, 4.69) is 30.8 Å². The van der Waals surface area contributed by atoms with Crippen LogP contribution in [0.3, 0.4) is 0 Å². The van der Waals surface area contributed by atoms with E-state index in [4.69, 9.17) is 4.98 Å². The van der Waals surface area contributed by atoms with Crippen molar-refractivity contribution >= 4 is 11.8 Å². The summed E-state index contributed by atoms with van der Waals surface area (Å²) in [6.07, 6.45) is 6.00. The van der Waals surface area contributed by atoms with Gasteiger partial charge in [-0.15, -0.1) is 0 Å². The summed E-state index contributed by atoms with van der Waals surface area (Å²) in [4.78, 5) is 34.5. The molecule has 3 aromatic rings. The second-order valence-corrected chi connectivity index (χ2v) is 6.97. The molecule has 2 saturated heterocycles. The van der Waals surface area contributed by atoms with Crippen LogP contribution in [0, 0.1) is 0 Å². The summed E-state index contributed by atoms with van der Waals surface area (Å²) in [6.45, 7) is 1.71. The summed E-state index contributed by atoms with van der Waals surface area (Å²) in [6, 6.07) is 9.99. The zero-order valence-corrected chi connectivity index (χ0v) is 14.9. The number of hydrogen-bond donors (Lipinski definition) is 0. The quantitative estimate of drug-likeness (QED) is 0.691. The van der Waals surface area contributed by atoms with Crippen LogP contribution in [0.15, 0.2) is 53.8 Å². The Hall–Kier alpha value is -3.29. The SMILES string of the molecule is Cn1c(N2CC3C[C@@H]2CN3c2ccccn2)nc(-c2ccncn2)cc1=O. The van der Waals surface area contributed by atoms with E-state index in [9.17, 15) is 4.79 Å². The van der Waals surface area contributed by atoms with Crippen molar-refractivity contribution in [3.8, 4) is 11.4 Å². The summed E-state index contributed by atoms with van der Waals surface area (Å²) in [5.74, 6) is 1.71. The first-order chi connectivity index (χ1) is 13.2. The molecule has 2 atom stereocenters. The lowest BCUT2D eigenvalue weighted by Crippen LogP contribution is -2.48. The normalized spacial score (nSPS) is 21.1. The number of nitrogens with zero attached hydrogens (tertiary/aromatic N) is 7. The average Bonchev–Trinajstić information content (AvgIpc) is 3.32. The van der Waals surface area contributed by atoms with Gasteiger partial charge in [0.2, 0.25) is 5.95 Å². The van der Waals surface area contributed by atoms with Crippen LogP contribution >= 0.6 is 0 Å². The van der Waals surface area contributed by atoms with Gasteiger partial charge in [0.25, 0.3) is 5.56 Å². The van der Waals surface area contributed by atoms with Crippen LogP contribution in [-0.4, -0.2) is 49.7 Å². The lowest BCUT2D eigenvalue weighted by Gasteiger charge is -2.36. The standard InChI is InChI=1S/C19H19N7O/c1-24-18(27)9-16(15-5-7-20-12-22-15)23-19(24)26-11-13-8-14(26)10-25(13)17-4-2-3-6-21-17/h2-7,9,12-14H,8,10-11H2,1H3/t13?,14-/m1/s1. The predicted octanol–water partition coefficient (Wildman–Crippen LogP) is 1.10. The van der Waals surface area contributed by atoms with Crippen LogP contribution in [0.2, 0.25) is 0 Å². The Kier molecular flexibility index (Phi) is 3.63. The molecular weight excluding hydrogens is 342 g/mol. The Morgan fingerprint density at radius 2 is 1.85 bits per heavy atom. The van der Waals surface area contributed by atoms with Gasteiger partial charge in [0.05, 0.1) is 23.5 Å². The van der Waals surface area contributed by atoms with Crippen molar-refractivity contribution in [2.45, 2.75) is 18.5 Å². The van der Waals surface area contributed by atoms with Crippen molar-refractivity contribution in [1.29, 1.82) is 0 Å². The second kappa shape index (κ2) is 6.15. The molecule has 2 fully saturated rings. The highest BCUT2D eigenvalue weighted by Gasteiger charge is 2.45. The van der Waals surface area contributed by atoms with Gasteiger partial charge in [0.15, 0.2) is 0 Å². The third-order valence-electron chi connectivity index (χ3n) is 5.40. The molecule has 0 N–H and O–H groups in total. The first-order valence-electron chi connectivity index (χ1n) is 8.99. The molecular formula is C19H19N7O. The molecule has 1 unspecified atom stereocenters. The maximum atomic E-state index is 12.5. The Labute approximate surface area is 156 Å². The molecule has 8 nitrogen and oxygen atoms in total. The highest BCUT2D eigenvalue weighted by Crippen LogP contribution is 2.35. The number of anilines is 2. The van der Waals surface area contributed by atoms with Gasteiger partial charge in [-0.25, -0.2) is 19.9 Å². The molecule has 8 heteroatoms. The molecule has 136 valence electrons. The Morgan fingerprint density at radius 1 is 1.00 bits per heavy atom. The number of rotatable bonds is 3. The van der Waals surface area contributed by atoms with Crippen LogP contribution in [-0.2, 0) is 7.05 Å². The minimum Gasteiger partial charge on any atom is -0.350 e.